The number of fused-ring (bicyclic) bond motifs is 4. The van der Waals surface area contributed by atoms with Crippen molar-refractivity contribution in [3.05, 3.63) is 407 Å². The highest BCUT2D eigenvalue weighted by atomic mass is 19.2. The van der Waals surface area contributed by atoms with Crippen molar-refractivity contribution in [1.29, 1.82) is 0 Å². The Bertz CT molecular complexity index is 7910. The highest BCUT2D eigenvalue weighted by Crippen LogP contribution is 2.49. The molecule has 4 atom stereocenters. The summed E-state index contributed by atoms with van der Waals surface area (Å²) in [5.41, 5.74) is -4.65. The van der Waals surface area contributed by atoms with E-state index in [1.807, 2.05) is 0 Å². The van der Waals surface area contributed by atoms with E-state index in [0.29, 0.717) is 118 Å². The standard InChI is InChI=1S/C25H19F3N4O3.C25H20F2N4O3.2C23H17F2N5O3.4CH4/c1-11-6-17(27)22(18(28)7-11)25(34,20-5-4-15(26)10-29-20)16-8-14(21-12(2)32-35-13(21)3)9-19-23(16)31-24(33)30-19;1-12-4-6-19(27)17(8-12)25(33,21-7-5-16(26)11-28-21)18-9-15(22-13(2)31-34-14(22)3)10-20-23(18)30-24(32)29-20;1-11-19(12(2)33-30-11)13-9-14(21-17(10-13)27-22(31)28-21)23(32,18-7-4-8-26-29-18)20-15(24)5-3-6-16(20)25;1-11-19(12(2)33-30-11)13-8-14(21-17(9-13)28-22(31)29-21)23(32,18-10-26-6-7-27-18)20-15(24)4-3-5-16(20)25;;;;/h4-10,34H,1-3H3,(H2,30,31,33);4-11,33H,1-3H3,(H2,29,30,32);3-10,32H,1-2H3,(H2,27,28,31);3-10,32H,1-2H3,(H2,28,29,31);4*1H4. The molecule has 0 aliphatic rings. The second-order valence-corrected chi connectivity index (χ2v) is 31.9. The Labute approximate surface area is 782 Å². The Kier molecular flexibility index (Phi) is 27.7. The van der Waals surface area contributed by atoms with Gasteiger partial charge in [0.1, 0.15) is 81.1 Å². The Morgan fingerprint density at radius 2 is 0.633 bits per heavy atom. The third kappa shape index (κ3) is 17.7. The van der Waals surface area contributed by atoms with Crippen molar-refractivity contribution in [2.24, 2.45) is 0 Å². The van der Waals surface area contributed by atoms with Crippen molar-refractivity contribution >= 4 is 44.1 Å². The van der Waals surface area contributed by atoms with Gasteiger partial charge in [-0.25, -0.2) is 58.7 Å². The molecule has 0 fully saturated rings. The number of rotatable bonds is 16. The zero-order valence-corrected chi connectivity index (χ0v) is 72.3. The van der Waals surface area contributed by atoms with Crippen LogP contribution in [-0.2, 0) is 22.4 Å². The van der Waals surface area contributed by atoms with E-state index in [2.05, 4.69) is 90.6 Å². The predicted molar refractivity (Wildman–Crippen MR) is 498 cm³/mol. The Hall–Kier alpha value is -16.7. The van der Waals surface area contributed by atoms with E-state index in [-0.39, 0.29) is 108 Å². The summed E-state index contributed by atoms with van der Waals surface area (Å²) in [6, 6.07) is 33.3. The zero-order valence-electron chi connectivity index (χ0n) is 72.3. The van der Waals surface area contributed by atoms with Gasteiger partial charge in [0.15, 0.2) is 22.4 Å². The summed E-state index contributed by atoms with van der Waals surface area (Å²) in [5, 5.41) is 72.3. The quantitative estimate of drug-likeness (QED) is 0.0400. The van der Waals surface area contributed by atoms with Crippen LogP contribution < -0.4 is 22.8 Å². The van der Waals surface area contributed by atoms with E-state index in [1.165, 1.54) is 92.4 Å². The molecule has 12 heterocycles. The number of nitrogens with zero attached hydrogens (tertiary/aromatic N) is 10. The molecule has 714 valence electrons. The van der Waals surface area contributed by atoms with Gasteiger partial charge in [-0.15, -0.1) is 0 Å². The van der Waals surface area contributed by atoms with Gasteiger partial charge in [-0.3, -0.25) is 19.9 Å². The summed E-state index contributed by atoms with van der Waals surface area (Å²) in [7, 11) is 0. The molecule has 0 bridgehead atoms. The van der Waals surface area contributed by atoms with Crippen molar-refractivity contribution in [2.45, 2.75) is 121 Å². The normalized spacial score (nSPS) is 13.0. The minimum Gasteiger partial charge on any atom is -0.374 e. The SMILES string of the molecule is C.C.C.C.Cc1cc(F)c(C(O)(c2ccc(F)cn2)c2cc(-c3c(C)noc3C)cc3[nH]c(=O)[nH]c23)c(F)c1.Cc1ccc(F)c(C(O)(c2ccc(F)cn2)c2cc(-c3c(C)noc3C)cc3[nH]c(=O)[nH]c23)c1.Cc1noc(C)c1-c1cc(C(O)(c2cccnn2)c2c(F)cccc2F)c2[nH]c(=O)[nH]c2c1.Cc1noc(C)c1-c1cc(C(O)(c2cnccn2)c2c(F)cccc2F)c2[nH]c(=O)[nH]c2c1. The molecule has 0 saturated heterocycles. The second-order valence-electron chi connectivity index (χ2n) is 31.9. The molecule has 20 aromatic rings. The minimum absolute atomic E-state index is 0. The maximum atomic E-state index is 15.4. The fraction of sp³-hybridized carbons (Fsp3) is 0.180. The molecule has 8 aromatic carbocycles. The zero-order chi connectivity index (χ0) is 95.9. The number of halogens is 9. The van der Waals surface area contributed by atoms with Crippen LogP contribution in [0.25, 0.3) is 88.6 Å². The average Bonchev–Trinajstić information content (AvgIpc) is 1.70. The largest absolute Gasteiger partial charge is 0.374 e. The number of aromatic amines is 8. The lowest BCUT2D eigenvalue weighted by molar-refractivity contribution is 0.112. The third-order valence-corrected chi connectivity index (χ3v) is 23.1. The monoisotopic (exact) mass is 1900 g/mol. The van der Waals surface area contributed by atoms with Gasteiger partial charge in [0.2, 0.25) is 0 Å². The molecular formula is C100H89F9N18O12. The van der Waals surface area contributed by atoms with Crippen molar-refractivity contribution in [3.63, 3.8) is 0 Å². The summed E-state index contributed by atoms with van der Waals surface area (Å²) in [5.74, 6) is -6.05. The molecule has 0 aliphatic carbocycles. The summed E-state index contributed by atoms with van der Waals surface area (Å²) in [4.78, 5) is 86.2. The van der Waals surface area contributed by atoms with Gasteiger partial charge in [0.05, 0.1) is 119 Å². The molecule has 0 radical (unpaired) electrons. The van der Waals surface area contributed by atoms with E-state index in [0.717, 1.165) is 67.0 Å². The van der Waals surface area contributed by atoms with Crippen LogP contribution >= 0.6 is 0 Å². The highest BCUT2D eigenvalue weighted by molar-refractivity contribution is 5.92. The van der Waals surface area contributed by atoms with E-state index in [4.69, 9.17) is 18.1 Å². The molecular weight excluding hydrogens is 1820 g/mol. The van der Waals surface area contributed by atoms with Gasteiger partial charge in [-0.1, -0.05) is 74.1 Å². The molecule has 39 heteroatoms. The lowest BCUT2D eigenvalue weighted by Crippen LogP contribution is -2.33. The van der Waals surface area contributed by atoms with Crippen LogP contribution in [0.1, 0.15) is 154 Å². The van der Waals surface area contributed by atoms with Crippen LogP contribution in [0.4, 0.5) is 39.5 Å². The van der Waals surface area contributed by atoms with Crippen LogP contribution in [0.2, 0.25) is 0 Å². The van der Waals surface area contributed by atoms with Gasteiger partial charge in [0.25, 0.3) is 0 Å². The van der Waals surface area contributed by atoms with Crippen molar-refractivity contribution in [2.75, 3.05) is 0 Å². The van der Waals surface area contributed by atoms with Crippen molar-refractivity contribution in [1.82, 2.24) is 90.6 Å². The Balaban J connectivity index is 0.000000155. The summed E-state index contributed by atoms with van der Waals surface area (Å²) in [6.45, 7) is 17.1. The smallest absolute Gasteiger partial charge is 0.323 e. The number of aromatic nitrogens is 18. The Morgan fingerprint density at radius 3 is 0.950 bits per heavy atom. The third-order valence-electron chi connectivity index (χ3n) is 23.1. The second kappa shape index (κ2) is 38.6. The van der Waals surface area contributed by atoms with Gasteiger partial charge in [-0.05, 0) is 231 Å². The molecule has 139 heavy (non-hydrogen) atoms. The van der Waals surface area contributed by atoms with Gasteiger partial charge in [-0.2, -0.15) is 10.2 Å². The first-order chi connectivity index (χ1) is 64.4. The van der Waals surface area contributed by atoms with Crippen LogP contribution in [0, 0.1) is 122 Å². The number of hydrogen-bond donors (Lipinski definition) is 12. The molecule has 0 saturated carbocycles. The number of nitrogens with one attached hydrogen (secondary N) is 8. The van der Waals surface area contributed by atoms with E-state index in [9.17, 15) is 48.4 Å². The number of imidazole rings is 4. The molecule has 4 unspecified atom stereocenters. The first kappa shape index (κ1) is 99.8. The lowest BCUT2D eigenvalue weighted by atomic mass is 9.80. The van der Waals surface area contributed by atoms with Gasteiger partial charge < -0.3 is 78.4 Å². The minimum atomic E-state index is -2.56. The first-order valence-electron chi connectivity index (χ1n) is 41.0. The number of H-pyrrole nitrogens is 8. The van der Waals surface area contributed by atoms with Crippen LogP contribution in [0.5, 0.6) is 0 Å². The van der Waals surface area contributed by atoms with E-state index in [1.54, 1.807) is 98.7 Å². The van der Waals surface area contributed by atoms with Crippen LogP contribution in [0.15, 0.2) is 226 Å². The molecule has 12 aromatic heterocycles. The van der Waals surface area contributed by atoms with Gasteiger partial charge >= 0.3 is 22.8 Å². The number of aliphatic hydroxyl groups is 4. The summed E-state index contributed by atoms with van der Waals surface area (Å²) >= 11 is 0. The van der Waals surface area contributed by atoms with Crippen LogP contribution in [0.3, 0.4) is 0 Å². The lowest BCUT2D eigenvalue weighted by Gasteiger charge is -2.30. The molecule has 0 spiro atoms. The Morgan fingerprint density at radius 1 is 0.295 bits per heavy atom. The van der Waals surface area contributed by atoms with Crippen molar-refractivity contribution in [3.8, 4) is 44.5 Å². The summed E-state index contributed by atoms with van der Waals surface area (Å²) < 4.78 is 155. The highest BCUT2D eigenvalue weighted by Gasteiger charge is 2.48. The fourth-order valence-electron chi connectivity index (χ4n) is 17.3. The fourth-order valence-corrected chi connectivity index (χ4v) is 17.3. The number of aryl methyl sites for hydroxylation is 10. The van der Waals surface area contributed by atoms with Gasteiger partial charge in [0, 0.05) is 68.7 Å². The first-order valence-corrected chi connectivity index (χ1v) is 41.0. The predicted octanol–water partition coefficient (Wildman–Crippen LogP) is 18.4. The average molecular weight is 1910 g/mol. The topological polar surface area (TPSA) is 457 Å². The molecule has 30 nitrogen and oxygen atoms in total. The van der Waals surface area contributed by atoms with Crippen molar-refractivity contribution < 1.29 is 78.0 Å². The van der Waals surface area contributed by atoms with E-state index >= 15 is 30.7 Å². The molecule has 0 amide bonds. The number of pyridine rings is 2. The van der Waals surface area contributed by atoms with E-state index < -0.39 is 114 Å². The summed E-state index contributed by atoms with van der Waals surface area (Å²) in [6.07, 6.45) is 7.04. The molecule has 12 N–H and O–H groups in total. The molecule has 20 rings (SSSR count). The number of benzene rings is 8. The molecule has 0 aliphatic heterocycles. The maximum absolute atomic E-state index is 15.4. The number of hydrogen-bond acceptors (Lipinski definition) is 22. The van der Waals surface area contributed by atoms with Crippen LogP contribution in [-0.4, -0.2) is 111 Å². The maximum Gasteiger partial charge on any atom is 0.323 e.